The maximum absolute atomic E-state index is 6.59. The lowest BCUT2D eigenvalue weighted by Gasteiger charge is -2.33. The minimum Gasteiger partial charge on any atom is -0.493 e. The normalized spacial score (nSPS) is 10.9. The Morgan fingerprint density at radius 1 is 0.323 bits per heavy atom. The van der Waals surface area contributed by atoms with E-state index in [1.54, 1.807) is 28.4 Å². The molecule has 310 valence electrons. The maximum Gasteiger partial charge on any atom is 0.169 e. The van der Waals surface area contributed by atoms with Crippen LogP contribution in [0.1, 0.15) is 0 Å². The summed E-state index contributed by atoms with van der Waals surface area (Å²) in [5, 5.41) is 17.7. The van der Waals surface area contributed by atoms with E-state index in [1.807, 2.05) is 84.9 Å². The highest BCUT2D eigenvalue weighted by atomic mass is 31.1. The molecule has 0 fully saturated rings. The largest absolute Gasteiger partial charge is 0.493 e. The lowest BCUT2D eigenvalue weighted by atomic mass is 9.93. The highest BCUT2D eigenvalue weighted by Crippen LogP contribution is 2.56. The molecular formula is C52H48N4O4P2. The van der Waals surface area contributed by atoms with Crippen molar-refractivity contribution in [3.05, 3.63) is 194 Å². The molecule has 0 atom stereocenters. The molecule has 0 radical (unpaired) electrons. The van der Waals surface area contributed by atoms with Gasteiger partial charge in [0.05, 0.1) is 28.4 Å². The zero-order chi connectivity index (χ0) is 42.7. The Balaban J connectivity index is 1.57. The second kappa shape index (κ2) is 20.1. The SMILES string of the molecule is COc1cc(-c2ccccc2)c(P(Nc2ccccc2)Nc2ccccc2)c(-c2c(OC)c(OC)cc(-c3ccccc3)c2P(Nc2ccccc2)Nc2ccccc2)c1OC. The number of methoxy groups -OCH3 is 4. The molecule has 0 aliphatic carbocycles. The van der Waals surface area contributed by atoms with Crippen LogP contribution < -0.4 is 49.9 Å². The molecule has 0 aliphatic heterocycles. The molecule has 8 nitrogen and oxygen atoms in total. The first-order valence-corrected chi connectivity index (χ1v) is 22.8. The van der Waals surface area contributed by atoms with E-state index < -0.39 is 16.4 Å². The minimum atomic E-state index is -1.53. The van der Waals surface area contributed by atoms with Crippen LogP contribution in [0.3, 0.4) is 0 Å². The first-order valence-electron chi connectivity index (χ1n) is 20.2. The van der Waals surface area contributed by atoms with Gasteiger partial charge in [0.1, 0.15) is 16.4 Å². The predicted octanol–water partition coefficient (Wildman–Crippen LogP) is 13.0. The van der Waals surface area contributed by atoms with E-state index in [4.69, 9.17) is 18.9 Å². The standard InChI is InChI=1S/C52H48N4O4P2/c1-57-45-35-43(37-23-11-5-12-24-37)51(61(53-39-27-15-7-16-28-39)54-40-29-17-8-18-30-40)47(49(45)59-3)48-50(60-4)46(58-2)36-44(38-25-13-6-14-26-38)52(48)62(55-41-31-19-9-20-32-41)56-42-33-21-10-22-34-42/h5-36,53-56H,1-4H3. The fourth-order valence-corrected chi connectivity index (χ4v) is 11.4. The minimum absolute atomic E-state index is 0.542. The second-order valence-electron chi connectivity index (χ2n) is 14.1. The van der Waals surface area contributed by atoms with Gasteiger partial charge in [0.15, 0.2) is 23.0 Å². The Labute approximate surface area is 366 Å². The fraction of sp³-hybridized carbons (Fsp3) is 0.0769. The maximum atomic E-state index is 6.59. The van der Waals surface area contributed by atoms with Gasteiger partial charge in [-0.05, 0) is 82.9 Å². The van der Waals surface area contributed by atoms with Gasteiger partial charge in [-0.15, -0.1) is 0 Å². The third-order valence-electron chi connectivity index (χ3n) is 10.2. The van der Waals surface area contributed by atoms with Gasteiger partial charge in [-0.25, -0.2) is 0 Å². The molecule has 0 heterocycles. The Bertz CT molecular complexity index is 2410. The lowest BCUT2D eigenvalue weighted by molar-refractivity contribution is 0.352. The number of rotatable bonds is 17. The highest BCUT2D eigenvalue weighted by molar-refractivity contribution is 7.70. The number of hydrogen-bond acceptors (Lipinski definition) is 8. The molecule has 4 N–H and O–H groups in total. The number of hydrogen-bond donors (Lipinski definition) is 4. The molecule has 8 rings (SSSR count). The summed E-state index contributed by atoms with van der Waals surface area (Å²) < 4.78 is 25.8. The van der Waals surface area contributed by atoms with Crippen LogP contribution in [-0.2, 0) is 0 Å². The van der Waals surface area contributed by atoms with E-state index >= 15 is 0 Å². The Morgan fingerprint density at radius 2 is 0.581 bits per heavy atom. The first-order chi connectivity index (χ1) is 30.6. The predicted molar refractivity (Wildman–Crippen MR) is 262 cm³/mol. The Morgan fingerprint density at radius 3 is 0.823 bits per heavy atom. The number of benzene rings is 8. The van der Waals surface area contributed by atoms with Crippen LogP contribution >= 0.6 is 16.4 Å². The zero-order valence-corrected chi connectivity index (χ0v) is 36.8. The van der Waals surface area contributed by atoms with E-state index in [2.05, 4.69) is 130 Å². The van der Waals surface area contributed by atoms with Crippen LogP contribution in [-0.4, -0.2) is 28.4 Å². The monoisotopic (exact) mass is 854 g/mol. The van der Waals surface area contributed by atoms with Crippen molar-refractivity contribution < 1.29 is 18.9 Å². The molecule has 0 aliphatic rings. The van der Waals surface area contributed by atoms with Crippen molar-refractivity contribution in [2.45, 2.75) is 0 Å². The summed E-state index contributed by atoms with van der Waals surface area (Å²) in [4.78, 5) is 0. The average Bonchev–Trinajstić information content (AvgIpc) is 3.34. The molecule has 10 heteroatoms. The van der Waals surface area contributed by atoms with E-state index in [-0.39, 0.29) is 0 Å². The number of nitrogens with one attached hydrogen (secondary N) is 4. The molecule has 0 saturated carbocycles. The van der Waals surface area contributed by atoms with Crippen LogP contribution in [0.15, 0.2) is 194 Å². The number of anilines is 4. The molecule has 8 aromatic rings. The molecule has 8 aromatic carbocycles. The summed E-state index contributed by atoms with van der Waals surface area (Å²) in [5.74, 6) is 2.21. The van der Waals surface area contributed by atoms with Gasteiger partial charge in [-0.1, -0.05) is 133 Å². The van der Waals surface area contributed by atoms with E-state index in [9.17, 15) is 0 Å². The third kappa shape index (κ3) is 9.18. The lowest BCUT2D eigenvalue weighted by Crippen LogP contribution is -2.25. The second-order valence-corrected chi connectivity index (χ2v) is 17.2. The molecule has 0 aromatic heterocycles. The van der Waals surface area contributed by atoms with E-state index in [0.717, 1.165) is 66.7 Å². The van der Waals surface area contributed by atoms with Crippen LogP contribution in [0.4, 0.5) is 22.7 Å². The molecule has 0 unspecified atom stereocenters. The summed E-state index contributed by atoms with van der Waals surface area (Å²) in [7, 11) is 3.71. The molecule has 62 heavy (non-hydrogen) atoms. The molecule has 0 saturated heterocycles. The van der Waals surface area contributed by atoms with Crippen molar-refractivity contribution in [1.29, 1.82) is 0 Å². The molecule has 0 amide bonds. The number of para-hydroxylation sites is 4. The van der Waals surface area contributed by atoms with Crippen LogP contribution in [0, 0.1) is 0 Å². The van der Waals surface area contributed by atoms with E-state index in [0.29, 0.717) is 23.0 Å². The van der Waals surface area contributed by atoms with Crippen LogP contribution in [0.5, 0.6) is 23.0 Å². The highest BCUT2D eigenvalue weighted by Gasteiger charge is 2.36. The summed E-state index contributed by atoms with van der Waals surface area (Å²) in [5.41, 5.74) is 9.25. The van der Waals surface area contributed by atoms with Crippen molar-refractivity contribution >= 4 is 49.8 Å². The van der Waals surface area contributed by atoms with Gasteiger partial charge < -0.3 is 39.3 Å². The van der Waals surface area contributed by atoms with Crippen molar-refractivity contribution in [2.75, 3.05) is 48.8 Å². The Hall–Kier alpha value is -6.98. The van der Waals surface area contributed by atoms with Gasteiger partial charge >= 0.3 is 0 Å². The topological polar surface area (TPSA) is 85.0 Å². The van der Waals surface area contributed by atoms with Crippen molar-refractivity contribution in [3.63, 3.8) is 0 Å². The van der Waals surface area contributed by atoms with Gasteiger partial charge in [-0.2, -0.15) is 0 Å². The van der Waals surface area contributed by atoms with Crippen molar-refractivity contribution in [2.24, 2.45) is 0 Å². The summed E-state index contributed by atoms with van der Waals surface area (Å²) in [6.07, 6.45) is 0. The van der Waals surface area contributed by atoms with Gasteiger partial charge in [-0.3, -0.25) is 0 Å². The quantitative estimate of drug-likeness (QED) is 0.0674. The van der Waals surface area contributed by atoms with Crippen LogP contribution in [0.25, 0.3) is 33.4 Å². The van der Waals surface area contributed by atoms with Crippen molar-refractivity contribution in [3.8, 4) is 56.4 Å². The van der Waals surface area contributed by atoms with Crippen molar-refractivity contribution in [1.82, 2.24) is 0 Å². The smallest absolute Gasteiger partial charge is 0.169 e. The average molecular weight is 855 g/mol. The third-order valence-corrected chi connectivity index (χ3v) is 14.0. The zero-order valence-electron chi connectivity index (χ0n) is 35.0. The number of ether oxygens (including phenoxy) is 4. The summed E-state index contributed by atoms with van der Waals surface area (Å²) in [6.45, 7) is 0. The van der Waals surface area contributed by atoms with Gasteiger partial charge in [0, 0.05) is 44.5 Å². The summed E-state index contributed by atoms with van der Waals surface area (Å²) >= 11 is 0. The van der Waals surface area contributed by atoms with E-state index in [1.165, 1.54) is 0 Å². The summed E-state index contributed by atoms with van der Waals surface area (Å²) in [6, 6.07) is 66.1. The molecule has 0 spiro atoms. The fourth-order valence-electron chi connectivity index (χ4n) is 7.42. The Kier molecular flexibility index (Phi) is 13.5. The first kappa shape index (κ1) is 41.7. The van der Waals surface area contributed by atoms with Gasteiger partial charge in [0.2, 0.25) is 0 Å². The van der Waals surface area contributed by atoms with Gasteiger partial charge in [0.25, 0.3) is 0 Å². The molecule has 0 bridgehead atoms. The van der Waals surface area contributed by atoms with Crippen LogP contribution in [0.2, 0.25) is 0 Å². The molecular weight excluding hydrogens is 807 g/mol.